The van der Waals surface area contributed by atoms with E-state index in [1.807, 2.05) is 0 Å². The standard InChI is InChI=1S/C10H12O3/c1-10(7-11,13-2)8-4-3-5-9(12)6-8/h3-7,12H,1-2H3. The van der Waals surface area contributed by atoms with E-state index >= 15 is 0 Å². The molecule has 0 aliphatic rings. The van der Waals surface area contributed by atoms with Crippen LogP contribution in [0.2, 0.25) is 0 Å². The summed E-state index contributed by atoms with van der Waals surface area (Å²) in [6.45, 7) is 1.65. The zero-order chi connectivity index (χ0) is 9.90. The lowest BCUT2D eigenvalue weighted by Gasteiger charge is -2.21. The molecule has 0 heterocycles. The Balaban J connectivity index is 3.12. The van der Waals surface area contributed by atoms with Crippen molar-refractivity contribution in [1.29, 1.82) is 0 Å². The quantitative estimate of drug-likeness (QED) is 0.716. The van der Waals surface area contributed by atoms with Crippen molar-refractivity contribution in [3.63, 3.8) is 0 Å². The molecule has 0 saturated heterocycles. The van der Waals surface area contributed by atoms with Crippen LogP contribution in [0, 0.1) is 0 Å². The lowest BCUT2D eigenvalue weighted by Crippen LogP contribution is -2.25. The predicted molar refractivity (Wildman–Crippen MR) is 48.5 cm³/mol. The van der Waals surface area contributed by atoms with Crippen molar-refractivity contribution < 1.29 is 14.6 Å². The molecule has 13 heavy (non-hydrogen) atoms. The Labute approximate surface area is 77.0 Å². The van der Waals surface area contributed by atoms with Crippen molar-refractivity contribution in [3.05, 3.63) is 29.8 Å². The van der Waals surface area contributed by atoms with E-state index in [9.17, 15) is 9.90 Å². The van der Waals surface area contributed by atoms with Crippen molar-refractivity contribution in [3.8, 4) is 5.75 Å². The number of phenolic OH excluding ortho intramolecular Hbond substituents is 1. The fourth-order valence-corrected chi connectivity index (χ4v) is 1.05. The van der Waals surface area contributed by atoms with Crippen LogP contribution in [-0.2, 0) is 15.1 Å². The summed E-state index contributed by atoms with van der Waals surface area (Å²) in [4.78, 5) is 10.8. The first-order valence-electron chi connectivity index (χ1n) is 3.93. The van der Waals surface area contributed by atoms with Gasteiger partial charge in [0.2, 0.25) is 0 Å². The average Bonchev–Trinajstić information content (AvgIpc) is 2.17. The zero-order valence-electron chi connectivity index (χ0n) is 7.65. The lowest BCUT2D eigenvalue weighted by molar-refractivity contribution is -0.126. The zero-order valence-corrected chi connectivity index (χ0v) is 7.65. The molecule has 1 N–H and O–H groups in total. The van der Waals surface area contributed by atoms with Crippen LogP contribution in [0.5, 0.6) is 5.75 Å². The molecule has 70 valence electrons. The fraction of sp³-hybridized carbons (Fsp3) is 0.300. The highest BCUT2D eigenvalue weighted by molar-refractivity contribution is 5.65. The molecule has 0 spiro atoms. The van der Waals surface area contributed by atoms with E-state index in [1.165, 1.54) is 13.2 Å². The van der Waals surface area contributed by atoms with Crippen molar-refractivity contribution in [1.82, 2.24) is 0 Å². The molecule has 0 radical (unpaired) electrons. The highest BCUT2D eigenvalue weighted by Gasteiger charge is 2.25. The Kier molecular flexibility index (Phi) is 2.68. The van der Waals surface area contributed by atoms with Gasteiger partial charge in [-0.2, -0.15) is 0 Å². The van der Waals surface area contributed by atoms with E-state index in [4.69, 9.17) is 4.74 Å². The van der Waals surface area contributed by atoms with Crippen molar-refractivity contribution in [2.75, 3.05) is 7.11 Å². The lowest BCUT2D eigenvalue weighted by atomic mass is 9.97. The van der Waals surface area contributed by atoms with E-state index in [2.05, 4.69) is 0 Å². The van der Waals surface area contributed by atoms with E-state index in [-0.39, 0.29) is 5.75 Å². The van der Waals surface area contributed by atoms with E-state index in [0.717, 1.165) is 0 Å². The van der Waals surface area contributed by atoms with Gasteiger partial charge >= 0.3 is 0 Å². The number of aldehydes is 1. The molecule has 0 aliphatic heterocycles. The Bertz CT molecular complexity index is 309. The van der Waals surface area contributed by atoms with Gasteiger partial charge in [0.25, 0.3) is 0 Å². The van der Waals surface area contributed by atoms with Crippen LogP contribution >= 0.6 is 0 Å². The summed E-state index contributed by atoms with van der Waals surface area (Å²) in [5.74, 6) is 0.127. The minimum Gasteiger partial charge on any atom is -0.508 e. The van der Waals surface area contributed by atoms with E-state index in [0.29, 0.717) is 11.8 Å². The topological polar surface area (TPSA) is 46.5 Å². The Morgan fingerprint density at radius 1 is 1.54 bits per heavy atom. The molecule has 1 aromatic rings. The third kappa shape index (κ3) is 1.87. The van der Waals surface area contributed by atoms with E-state index < -0.39 is 5.60 Å². The Morgan fingerprint density at radius 2 is 2.23 bits per heavy atom. The number of carbonyl (C=O) groups excluding carboxylic acids is 1. The van der Waals surface area contributed by atoms with Crippen LogP contribution in [0.25, 0.3) is 0 Å². The number of methoxy groups -OCH3 is 1. The predicted octanol–water partition coefficient (Wildman–Crippen LogP) is 1.45. The minimum absolute atomic E-state index is 0.127. The first kappa shape index (κ1) is 9.74. The molecular formula is C10H12O3. The monoisotopic (exact) mass is 180 g/mol. The summed E-state index contributed by atoms with van der Waals surface area (Å²) in [5.41, 5.74) is -0.330. The summed E-state index contributed by atoms with van der Waals surface area (Å²) in [7, 11) is 1.46. The SMILES string of the molecule is COC(C)(C=O)c1cccc(O)c1. The highest BCUT2D eigenvalue weighted by atomic mass is 16.5. The second kappa shape index (κ2) is 3.58. The van der Waals surface area contributed by atoms with Gasteiger partial charge in [0.15, 0.2) is 6.29 Å². The molecule has 1 aromatic carbocycles. The Morgan fingerprint density at radius 3 is 2.69 bits per heavy atom. The molecule has 3 heteroatoms. The number of benzene rings is 1. The van der Waals surface area contributed by atoms with Crippen LogP contribution in [0.1, 0.15) is 12.5 Å². The molecule has 0 amide bonds. The third-order valence-corrected chi connectivity index (χ3v) is 2.07. The van der Waals surface area contributed by atoms with Crippen molar-refractivity contribution in [2.45, 2.75) is 12.5 Å². The number of hydrogen-bond acceptors (Lipinski definition) is 3. The van der Waals surface area contributed by atoms with Gasteiger partial charge in [0.05, 0.1) is 0 Å². The third-order valence-electron chi connectivity index (χ3n) is 2.07. The number of ether oxygens (including phenoxy) is 1. The number of hydrogen-bond donors (Lipinski definition) is 1. The second-order valence-corrected chi connectivity index (χ2v) is 2.98. The molecule has 1 atom stereocenters. The number of phenols is 1. The molecule has 0 bridgehead atoms. The fourth-order valence-electron chi connectivity index (χ4n) is 1.05. The van der Waals surface area contributed by atoms with Crippen molar-refractivity contribution in [2.24, 2.45) is 0 Å². The highest BCUT2D eigenvalue weighted by Crippen LogP contribution is 2.24. The van der Waals surface area contributed by atoms with Crippen molar-refractivity contribution >= 4 is 6.29 Å². The van der Waals surface area contributed by atoms with Gasteiger partial charge in [-0.05, 0) is 24.6 Å². The largest absolute Gasteiger partial charge is 0.508 e. The summed E-state index contributed by atoms with van der Waals surface area (Å²) in [6.07, 6.45) is 0.710. The molecule has 0 saturated carbocycles. The van der Waals surface area contributed by atoms with Gasteiger partial charge in [0.1, 0.15) is 11.4 Å². The minimum atomic E-state index is -0.973. The van der Waals surface area contributed by atoms with E-state index in [1.54, 1.807) is 25.1 Å². The van der Waals surface area contributed by atoms with Crippen LogP contribution in [0.15, 0.2) is 24.3 Å². The van der Waals surface area contributed by atoms with Gasteiger partial charge < -0.3 is 9.84 Å². The van der Waals surface area contributed by atoms with Gasteiger partial charge in [-0.25, -0.2) is 0 Å². The maximum Gasteiger partial charge on any atom is 0.156 e. The summed E-state index contributed by atoms with van der Waals surface area (Å²) < 4.78 is 5.05. The van der Waals surface area contributed by atoms with Crippen LogP contribution < -0.4 is 0 Å². The average molecular weight is 180 g/mol. The molecule has 1 rings (SSSR count). The molecule has 0 aliphatic carbocycles. The molecule has 1 unspecified atom stereocenters. The molecule has 0 aromatic heterocycles. The summed E-state index contributed by atoms with van der Waals surface area (Å²) in [5, 5.41) is 9.20. The molecular weight excluding hydrogens is 168 g/mol. The smallest absolute Gasteiger partial charge is 0.156 e. The van der Waals surface area contributed by atoms with Gasteiger partial charge in [-0.3, -0.25) is 4.79 Å². The summed E-state index contributed by atoms with van der Waals surface area (Å²) >= 11 is 0. The first-order chi connectivity index (χ1) is 6.12. The maximum atomic E-state index is 10.8. The Hall–Kier alpha value is -1.35. The van der Waals surface area contributed by atoms with Gasteiger partial charge in [-0.15, -0.1) is 0 Å². The van der Waals surface area contributed by atoms with Crippen LogP contribution in [0.3, 0.4) is 0 Å². The molecule has 3 nitrogen and oxygen atoms in total. The first-order valence-corrected chi connectivity index (χ1v) is 3.93. The maximum absolute atomic E-state index is 10.8. The number of aromatic hydroxyl groups is 1. The van der Waals surface area contributed by atoms with Crippen LogP contribution in [0.4, 0.5) is 0 Å². The number of carbonyl (C=O) groups is 1. The summed E-state index contributed by atoms with van der Waals surface area (Å²) in [6, 6.07) is 6.46. The number of rotatable bonds is 3. The van der Waals surface area contributed by atoms with Gasteiger partial charge in [-0.1, -0.05) is 12.1 Å². The normalized spacial score (nSPS) is 14.9. The second-order valence-electron chi connectivity index (χ2n) is 2.98. The van der Waals surface area contributed by atoms with Crippen LogP contribution in [-0.4, -0.2) is 18.5 Å². The molecule has 0 fully saturated rings. The van der Waals surface area contributed by atoms with Gasteiger partial charge in [0, 0.05) is 7.11 Å².